The summed E-state index contributed by atoms with van der Waals surface area (Å²) in [6.45, 7) is 9.64. The number of aromatic nitrogens is 5. The Morgan fingerprint density at radius 2 is 1.88 bits per heavy atom. The fourth-order valence-electron chi connectivity index (χ4n) is 3.01. The van der Waals surface area contributed by atoms with Crippen molar-refractivity contribution in [2.45, 2.75) is 46.8 Å². The summed E-state index contributed by atoms with van der Waals surface area (Å²) in [6, 6.07) is 6.44. The predicted molar refractivity (Wildman–Crippen MR) is 93.9 cm³/mol. The van der Waals surface area contributed by atoms with Crippen LogP contribution in [0.25, 0.3) is 5.69 Å². The van der Waals surface area contributed by atoms with E-state index in [2.05, 4.69) is 39.0 Å². The molecule has 132 valence electrons. The van der Waals surface area contributed by atoms with Crippen LogP contribution < -0.4 is 5.32 Å². The lowest BCUT2D eigenvalue weighted by atomic mass is 10.1. The highest BCUT2D eigenvalue weighted by Gasteiger charge is 2.15. The quantitative estimate of drug-likeness (QED) is 0.748. The molecule has 1 N–H and O–H groups in total. The van der Waals surface area contributed by atoms with Crippen molar-refractivity contribution in [2.24, 2.45) is 0 Å². The summed E-state index contributed by atoms with van der Waals surface area (Å²) in [5.74, 6) is 1.60. The Hall–Kier alpha value is -2.54. The first-order chi connectivity index (χ1) is 12.0. The van der Waals surface area contributed by atoms with Crippen LogP contribution in [0.1, 0.15) is 42.8 Å². The van der Waals surface area contributed by atoms with Gasteiger partial charge in [0, 0.05) is 23.8 Å². The molecule has 7 heteroatoms. The molecule has 0 radical (unpaired) electrons. The lowest BCUT2D eigenvalue weighted by Gasteiger charge is -2.14. The van der Waals surface area contributed by atoms with Gasteiger partial charge in [0.1, 0.15) is 17.5 Å². The Bertz CT molecular complexity index is 849. The van der Waals surface area contributed by atoms with Gasteiger partial charge in [-0.2, -0.15) is 5.10 Å². The summed E-state index contributed by atoms with van der Waals surface area (Å²) in [6.07, 6.45) is 1.85. The van der Waals surface area contributed by atoms with Gasteiger partial charge in [-0.05, 0) is 52.0 Å². The fraction of sp³-hybridized carbons (Fsp3) is 0.389. The Labute approximate surface area is 146 Å². The van der Waals surface area contributed by atoms with Gasteiger partial charge in [0.25, 0.3) is 0 Å². The van der Waals surface area contributed by atoms with Gasteiger partial charge in [0.15, 0.2) is 0 Å². The van der Waals surface area contributed by atoms with Gasteiger partial charge in [0.2, 0.25) is 0 Å². The molecule has 2 aromatic heterocycles. The molecule has 2 heterocycles. The number of halogens is 1. The van der Waals surface area contributed by atoms with E-state index in [0.717, 1.165) is 35.1 Å². The number of hydrogen-bond donors (Lipinski definition) is 1. The molecule has 1 unspecified atom stereocenters. The molecule has 6 nitrogen and oxygen atoms in total. The van der Waals surface area contributed by atoms with Crippen LogP contribution in [0, 0.1) is 19.7 Å². The lowest BCUT2D eigenvalue weighted by Crippen LogP contribution is -2.21. The maximum Gasteiger partial charge on any atom is 0.147 e. The van der Waals surface area contributed by atoms with E-state index < -0.39 is 0 Å². The predicted octanol–water partition coefficient (Wildman–Crippen LogP) is 3.09. The molecule has 0 bridgehead atoms. The summed E-state index contributed by atoms with van der Waals surface area (Å²) >= 11 is 0. The van der Waals surface area contributed by atoms with Gasteiger partial charge in [-0.3, -0.25) is 0 Å². The Morgan fingerprint density at radius 1 is 1.16 bits per heavy atom. The molecule has 1 atom stereocenters. The zero-order valence-electron chi connectivity index (χ0n) is 15.0. The number of nitrogens with zero attached hydrogens (tertiary/aromatic N) is 5. The number of rotatable bonds is 6. The van der Waals surface area contributed by atoms with Crippen molar-refractivity contribution in [1.29, 1.82) is 0 Å². The largest absolute Gasteiger partial charge is 0.314 e. The smallest absolute Gasteiger partial charge is 0.147 e. The third kappa shape index (κ3) is 3.46. The van der Waals surface area contributed by atoms with E-state index in [1.165, 1.54) is 12.1 Å². The SMILES string of the molecule is CCn1c(C)nnc1CNC(C)c1cnn(-c2ccc(F)cc2)c1C. The highest BCUT2D eigenvalue weighted by molar-refractivity contribution is 5.35. The van der Waals surface area contributed by atoms with E-state index in [1.807, 2.05) is 24.7 Å². The molecular weight excluding hydrogens is 319 g/mol. The molecule has 3 aromatic rings. The maximum absolute atomic E-state index is 13.1. The van der Waals surface area contributed by atoms with Gasteiger partial charge in [-0.25, -0.2) is 9.07 Å². The standard InChI is InChI=1S/C18H23FN6/c1-5-24-14(4)22-23-18(24)11-20-12(2)17-10-21-25(13(17)3)16-8-6-15(19)7-9-16/h6-10,12,20H,5,11H2,1-4H3. The van der Waals surface area contributed by atoms with Crippen LogP contribution in [0.2, 0.25) is 0 Å². The van der Waals surface area contributed by atoms with Gasteiger partial charge < -0.3 is 9.88 Å². The fourth-order valence-corrected chi connectivity index (χ4v) is 3.01. The molecule has 1 aromatic carbocycles. The molecule has 0 amide bonds. The van der Waals surface area contributed by atoms with Crippen LogP contribution in [-0.4, -0.2) is 24.5 Å². The summed E-state index contributed by atoms with van der Waals surface area (Å²) in [5.41, 5.74) is 2.97. The minimum atomic E-state index is -0.251. The summed E-state index contributed by atoms with van der Waals surface area (Å²) in [5, 5.41) is 16.3. The van der Waals surface area contributed by atoms with Crippen LogP contribution in [-0.2, 0) is 13.1 Å². The van der Waals surface area contributed by atoms with E-state index in [9.17, 15) is 4.39 Å². The van der Waals surface area contributed by atoms with Gasteiger partial charge in [-0.1, -0.05) is 0 Å². The molecule has 0 saturated heterocycles. The second-order valence-electron chi connectivity index (χ2n) is 6.08. The van der Waals surface area contributed by atoms with E-state index in [1.54, 1.807) is 12.1 Å². The van der Waals surface area contributed by atoms with Crippen LogP contribution in [0.5, 0.6) is 0 Å². The molecule has 0 saturated carbocycles. The molecule has 25 heavy (non-hydrogen) atoms. The molecule has 0 aliphatic rings. The van der Waals surface area contributed by atoms with Crippen molar-refractivity contribution in [3.05, 3.63) is 59.2 Å². The number of aryl methyl sites for hydroxylation is 1. The zero-order chi connectivity index (χ0) is 18.0. The normalized spacial score (nSPS) is 12.5. The summed E-state index contributed by atoms with van der Waals surface area (Å²) in [7, 11) is 0. The molecule has 0 aliphatic carbocycles. The first-order valence-electron chi connectivity index (χ1n) is 8.43. The van der Waals surface area contributed by atoms with Crippen LogP contribution >= 0.6 is 0 Å². The van der Waals surface area contributed by atoms with Crippen LogP contribution in [0.3, 0.4) is 0 Å². The van der Waals surface area contributed by atoms with Crippen molar-refractivity contribution >= 4 is 0 Å². The summed E-state index contributed by atoms with van der Waals surface area (Å²) < 4.78 is 17.0. The number of benzene rings is 1. The monoisotopic (exact) mass is 342 g/mol. The molecule has 0 fully saturated rings. The van der Waals surface area contributed by atoms with Crippen molar-refractivity contribution < 1.29 is 4.39 Å². The van der Waals surface area contributed by atoms with E-state index in [0.29, 0.717) is 6.54 Å². The second-order valence-corrected chi connectivity index (χ2v) is 6.08. The first kappa shape index (κ1) is 17.3. The van der Waals surface area contributed by atoms with Gasteiger partial charge >= 0.3 is 0 Å². The Kier molecular flexibility index (Phi) is 4.94. The number of nitrogens with one attached hydrogen (secondary N) is 1. The van der Waals surface area contributed by atoms with E-state index in [-0.39, 0.29) is 11.9 Å². The maximum atomic E-state index is 13.1. The number of hydrogen-bond acceptors (Lipinski definition) is 4. The topological polar surface area (TPSA) is 60.6 Å². The van der Waals surface area contributed by atoms with Crippen molar-refractivity contribution in [3.8, 4) is 5.69 Å². The third-order valence-corrected chi connectivity index (χ3v) is 4.48. The highest BCUT2D eigenvalue weighted by Crippen LogP contribution is 2.20. The average Bonchev–Trinajstić information content (AvgIpc) is 3.16. The Balaban J connectivity index is 1.74. The average molecular weight is 342 g/mol. The first-order valence-corrected chi connectivity index (χ1v) is 8.43. The van der Waals surface area contributed by atoms with E-state index >= 15 is 0 Å². The van der Waals surface area contributed by atoms with Gasteiger partial charge in [-0.15, -0.1) is 10.2 Å². The van der Waals surface area contributed by atoms with Crippen LogP contribution in [0.15, 0.2) is 30.5 Å². The van der Waals surface area contributed by atoms with Crippen molar-refractivity contribution in [2.75, 3.05) is 0 Å². The summed E-state index contributed by atoms with van der Waals surface area (Å²) in [4.78, 5) is 0. The van der Waals surface area contributed by atoms with Crippen molar-refractivity contribution in [1.82, 2.24) is 29.9 Å². The Morgan fingerprint density at radius 3 is 2.56 bits per heavy atom. The van der Waals surface area contributed by atoms with Crippen molar-refractivity contribution in [3.63, 3.8) is 0 Å². The second kappa shape index (κ2) is 7.14. The zero-order valence-corrected chi connectivity index (χ0v) is 15.0. The minimum Gasteiger partial charge on any atom is -0.314 e. The molecule has 0 spiro atoms. The molecular formula is C18H23FN6. The lowest BCUT2D eigenvalue weighted by molar-refractivity contribution is 0.535. The molecule has 0 aliphatic heterocycles. The highest BCUT2D eigenvalue weighted by atomic mass is 19.1. The molecule has 3 rings (SSSR count). The third-order valence-electron chi connectivity index (χ3n) is 4.48. The van der Waals surface area contributed by atoms with Crippen LogP contribution in [0.4, 0.5) is 4.39 Å². The minimum absolute atomic E-state index is 0.108. The van der Waals surface area contributed by atoms with Gasteiger partial charge in [0.05, 0.1) is 18.4 Å². The van der Waals surface area contributed by atoms with E-state index in [4.69, 9.17) is 0 Å².